The van der Waals surface area contributed by atoms with Gasteiger partial charge in [-0.1, -0.05) is 53.4 Å². The van der Waals surface area contributed by atoms with Crippen molar-refractivity contribution in [2.45, 2.75) is 31.8 Å². The number of hydrogen-bond donors (Lipinski definition) is 2. The van der Waals surface area contributed by atoms with Crippen molar-refractivity contribution < 1.29 is 9.59 Å². The maximum Gasteiger partial charge on any atom is 0.254 e. The summed E-state index contributed by atoms with van der Waals surface area (Å²) in [6.45, 7) is 3.24. The van der Waals surface area contributed by atoms with Crippen molar-refractivity contribution in [1.29, 1.82) is 0 Å². The Morgan fingerprint density at radius 3 is 2.55 bits per heavy atom. The second-order valence-corrected chi connectivity index (χ2v) is 8.10. The third-order valence-electron chi connectivity index (χ3n) is 4.24. The van der Waals surface area contributed by atoms with Gasteiger partial charge in [0.25, 0.3) is 5.56 Å². The summed E-state index contributed by atoms with van der Waals surface area (Å²) in [5.41, 5.74) is 2.25. The summed E-state index contributed by atoms with van der Waals surface area (Å²) >= 11 is 2.50. The first kappa shape index (κ1) is 20.9. The van der Waals surface area contributed by atoms with Crippen LogP contribution in [-0.2, 0) is 11.2 Å². The second kappa shape index (κ2) is 9.15. The van der Waals surface area contributed by atoms with Gasteiger partial charge in [-0.15, -0.1) is 0 Å². The standard InChI is InChI=1S/C20H20N4O3S2/c1-11-14(18(27)24-19(21-11)28-3)9-10-15(26)22-20-23-16(17(29-20)12(2)25)13-7-5-4-6-8-13/h4-8H,9-10H2,1-3H3,(H,21,24,27)(H,22,23,26). The van der Waals surface area contributed by atoms with Gasteiger partial charge in [-0.05, 0) is 19.6 Å². The smallest absolute Gasteiger partial charge is 0.254 e. The zero-order chi connectivity index (χ0) is 21.0. The van der Waals surface area contributed by atoms with Crippen molar-refractivity contribution in [2.75, 3.05) is 11.6 Å². The highest BCUT2D eigenvalue weighted by atomic mass is 32.2. The average molecular weight is 429 g/mol. The Bertz CT molecular complexity index is 1110. The quantitative estimate of drug-likeness (QED) is 0.338. The van der Waals surface area contributed by atoms with Crippen molar-refractivity contribution >= 4 is 39.9 Å². The molecule has 0 spiro atoms. The number of nitrogens with zero attached hydrogens (tertiary/aromatic N) is 2. The molecule has 1 aromatic carbocycles. The van der Waals surface area contributed by atoms with E-state index in [2.05, 4.69) is 20.3 Å². The first-order chi connectivity index (χ1) is 13.9. The fourth-order valence-corrected chi connectivity index (χ4v) is 4.12. The number of aromatic nitrogens is 3. The highest BCUT2D eigenvalue weighted by molar-refractivity contribution is 7.98. The van der Waals surface area contributed by atoms with Gasteiger partial charge in [-0.2, -0.15) is 0 Å². The number of rotatable bonds is 7. The molecule has 0 aliphatic carbocycles. The molecule has 9 heteroatoms. The van der Waals surface area contributed by atoms with Gasteiger partial charge in [0.1, 0.15) is 0 Å². The largest absolute Gasteiger partial charge is 0.302 e. The van der Waals surface area contributed by atoms with Gasteiger partial charge < -0.3 is 10.3 Å². The summed E-state index contributed by atoms with van der Waals surface area (Å²) in [4.78, 5) is 48.5. The molecule has 3 rings (SSSR count). The lowest BCUT2D eigenvalue weighted by atomic mass is 10.1. The Morgan fingerprint density at radius 1 is 1.21 bits per heavy atom. The summed E-state index contributed by atoms with van der Waals surface area (Å²) in [7, 11) is 0. The molecule has 0 aliphatic rings. The van der Waals surface area contributed by atoms with E-state index in [9.17, 15) is 14.4 Å². The molecular formula is C20H20N4O3S2. The number of ketones is 1. The molecule has 2 N–H and O–H groups in total. The molecule has 29 heavy (non-hydrogen) atoms. The van der Waals surface area contributed by atoms with Crippen LogP contribution < -0.4 is 10.9 Å². The number of carbonyl (C=O) groups is 2. The second-order valence-electron chi connectivity index (χ2n) is 6.31. The molecule has 2 aromatic heterocycles. The van der Waals surface area contributed by atoms with E-state index >= 15 is 0 Å². The number of aryl methyl sites for hydroxylation is 1. The summed E-state index contributed by atoms with van der Waals surface area (Å²) in [6.07, 6.45) is 2.21. The SMILES string of the molecule is CSc1nc(C)c(CCC(=O)Nc2nc(-c3ccccc3)c(C(C)=O)s2)c(=O)[nH]1. The molecule has 0 radical (unpaired) electrons. The third-order valence-corrected chi connectivity index (χ3v) is 5.89. The minimum absolute atomic E-state index is 0.107. The van der Waals surface area contributed by atoms with Crippen LogP contribution in [0.25, 0.3) is 11.3 Å². The molecular weight excluding hydrogens is 408 g/mol. The molecule has 1 amide bonds. The van der Waals surface area contributed by atoms with Crippen LogP contribution >= 0.6 is 23.1 Å². The zero-order valence-corrected chi connectivity index (χ0v) is 17.9. The Balaban J connectivity index is 1.73. The van der Waals surface area contributed by atoms with E-state index in [-0.39, 0.29) is 30.1 Å². The lowest BCUT2D eigenvalue weighted by molar-refractivity contribution is -0.116. The van der Waals surface area contributed by atoms with Gasteiger partial charge in [0.15, 0.2) is 16.1 Å². The fraction of sp³-hybridized carbons (Fsp3) is 0.250. The van der Waals surface area contributed by atoms with Gasteiger partial charge in [0.2, 0.25) is 5.91 Å². The highest BCUT2D eigenvalue weighted by Crippen LogP contribution is 2.31. The average Bonchev–Trinajstić information content (AvgIpc) is 3.12. The number of carbonyl (C=O) groups excluding carboxylic acids is 2. The van der Waals surface area contributed by atoms with Crippen LogP contribution in [0.2, 0.25) is 0 Å². The molecule has 150 valence electrons. The number of nitrogens with one attached hydrogen (secondary N) is 2. The monoisotopic (exact) mass is 428 g/mol. The summed E-state index contributed by atoms with van der Waals surface area (Å²) in [6, 6.07) is 9.36. The molecule has 0 atom stereocenters. The van der Waals surface area contributed by atoms with Crippen molar-refractivity contribution in [3.05, 3.63) is 56.8 Å². The summed E-state index contributed by atoms with van der Waals surface area (Å²) in [5, 5.41) is 3.65. The highest BCUT2D eigenvalue weighted by Gasteiger charge is 2.18. The van der Waals surface area contributed by atoms with E-state index in [1.807, 2.05) is 36.6 Å². The topological polar surface area (TPSA) is 105 Å². The Hall–Kier alpha value is -2.78. The van der Waals surface area contributed by atoms with E-state index in [0.29, 0.717) is 32.1 Å². The van der Waals surface area contributed by atoms with Crippen LogP contribution in [0.3, 0.4) is 0 Å². The predicted molar refractivity (Wildman–Crippen MR) is 116 cm³/mol. The first-order valence-corrected chi connectivity index (χ1v) is 10.9. The van der Waals surface area contributed by atoms with Crippen molar-refractivity contribution in [1.82, 2.24) is 15.0 Å². The number of amides is 1. The van der Waals surface area contributed by atoms with Crippen LogP contribution in [0.1, 0.15) is 34.3 Å². The summed E-state index contributed by atoms with van der Waals surface area (Å²) < 4.78 is 0. The number of thiazole rings is 1. The minimum Gasteiger partial charge on any atom is -0.302 e. The van der Waals surface area contributed by atoms with E-state index in [1.54, 1.807) is 6.92 Å². The Labute approximate surface area is 176 Å². The number of aromatic amines is 1. The van der Waals surface area contributed by atoms with Crippen LogP contribution in [0.15, 0.2) is 40.3 Å². The molecule has 7 nitrogen and oxygen atoms in total. The van der Waals surface area contributed by atoms with Crippen molar-refractivity contribution in [3.8, 4) is 11.3 Å². The Morgan fingerprint density at radius 2 is 1.93 bits per heavy atom. The number of Topliss-reactive ketones (excluding diaryl/α,β-unsaturated/α-hetero) is 1. The van der Waals surface area contributed by atoms with Crippen molar-refractivity contribution in [3.63, 3.8) is 0 Å². The normalized spacial score (nSPS) is 10.7. The maximum absolute atomic E-state index is 12.4. The van der Waals surface area contributed by atoms with Gasteiger partial charge in [-0.25, -0.2) is 9.97 Å². The van der Waals surface area contributed by atoms with Crippen LogP contribution in [0.4, 0.5) is 5.13 Å². The van der Waals surface area contributed by atoms with E-state index in [0.717, 1.165) is 16.9 Å². The molecule has 2 heterocycles. The fourth-order valence-electron chi connectivity index (χ4n) is 2.80. The number of benzene rings is 1. The molecule has 0 saturated heterocycles. The van der Waals surface area contributed by atoms with Crippen LogP contribution in [0, 0.1) is 6.92 Å². The van der Waals surface area contributed by atoms with Gasteiger partial charge >= 0.3 is 0 Å². The zero-order valence-electron chi connectivity index (χ0n) is 16.2. The van der Waals surface area contributed by atoms with E-state index in [1.165, 1.54) is 18.7 Å². The molecule has 0 saturated carbocycles. The maximum atomic E-state index is 12.4. The number of anilines is 1. The number of hydrogen-bond acceptors (Lipinski definition) is 7. The lowest BCUT2D eigenvalue weighted by Gasteiger charge is -2.06. The van der Waals surface area contributed by atoms with Gasteiger partial charge in [0.05, 0.1) is 10.6 Å². The van der Waals surface area contributed by atoms with Gasteiger partial charge in [0, 0.05) is 30.2 Å². The van der Waals surface area contributed by atoms with Crippen LogP contribution in [-0.4, -0.2) is 32.9 Å². The van der Waals surface area contributed by atoms with Gasteiger partial charge in [-0.3, -0.25) is 14.4 Å². The number of thioether (sulfide) groups is 1. The molecule has 0 unspecified atom stereocenters. The number of H-pyrrole nitrogens is 1. The Kier molecular flexibility index (Phi) is 6.60. The molecule has 0 fully saturated rings. The van der Waals surface area contributed by atoms with E-state index < -0.39 is 0 Å². The molecule has 0 bridgehead atoms. The van der Waals surface area contributed by atoms with Crippen molar-refractivity contribution in [2.24, 2.45) is 0 Å². The third kappa shape index (κ3) is 4.99. The minimum atomic E-state index is -0.277. The van der Waals surface area contributed by atoms with Crippen LogP contribution in [0.5, 0.6) is 0 Å². The first-order valence-electron chi connectivity index (χ1n) is 8.90. The predicted octanol–water partition coefficient (Wildman–Crippen LogP) is 3.70. The molecule has 3 aromatic rings. The van der Waals surface area contributed by atoms with E-state index in [4.69, 9.17) is 0 Å². The summed E-state index contributed by atoms with van der Waals surface area (Å²) in [5.74, 6) is -0.384. The molecule has 0 aliphatic heterocycles. The lowest BCUT2D eigenvalue weighted by Crippen LogP contribution is -2.20.